The van der Waals surface area contributed by atoms with E-state index < -0.39 is 0 Å². The van der Waals surface area contributed by atoms with Crippen molar-refractivity contribution in [3.05, 3.63) is 64.2 Å². The molecule has 22 heavy (non-hydrogen) atoms. The number of likely N-dealkylation sites (N-methyl/N-ethyl adjacent to an activating group) is 1. The predicted molar refractivity (Wildman–Crippen MR) is 91.5 cm³/mol. The fourth-order valence-corrected chi connectivity index (χ4v) is 2.57. The van der Waals surface area contributed by atoms with E-state index in [-0.39, 0.29) is 5.91 Å². The second-order valence-corrected chi connectivity index (χ2v) is 6.22. The molecular weight excluding hydrogens is 296 g/mol. The standard InChI is InChI=1S/C18H21ClN2O/c1-13-7-8-17(9-14(13)2)20-18(22)12-21(3)11-15-5-4-6-16(19)10-15/h4-10H,11-12H2,1-3H3,(H,20,22)/p+1. The quantitative estimate of drug-likeness (QED) is 0.873. The number of carbonyl (C=O) groups excluding carboxylic acids is 1. The van der Waals surface area contributed by atoms with E-state index in [2.05, 4.69) is 12.2 Å². The maximum absolute atomic E-state index is 12.1. The van der Waals surface area contributed by atoms with Crippen molar-refractivity contribution in [2.24, 2.45) is 0 Å². The van der Waals surface area contributed by atoms with E-state index in [0.29, 0.717) is 6.54 Å². The Morgan fingerprint density at radius 2 is 1.91 bits per heavy atom. The molecule has 2 rings (SSSR count). The van der Waals surface area contributed by atoms with Gasteiger partial charge in [0.1, 0.15) is 6.54 Å². The molecule has 1 amide bonds. The molecule has 4 heteroatoms. The first-order valence-electron chi connectivity index (χ1n) is 7.37. The molecule has 3 nitrogen and oxygen atoms in total. The molecule has 2 aromatic rings. The minimum absolute atomic E-state index is 0.0165. The van der Waals surface area contributed by atoms with Crippen molar-refractivity contribution < 1.29 is 9.69 Å². The Bertz CT molecular complexity index is 670. The number of carbonyl (C=O) groups is 1. The van der Waals surface area contributed by atoms with Crippen molar-refractivity contribution in [1.82, 2.24) is 0 Å². The molecule has 0 radical (unpaired) electrons. The molecule has 1 unspecified atom stereocenters. The summed E-state index contributed by atoms with van der Waals surface area (Å²) < 4.78 is 0. The van der Waals surface area contributed by atoms with Gasteiger partial charge in [-0.05, 0) is 49.2 Å². The fourth-order valence-electron chi connectivity index (χ4n) is 2.36. The maximum Gasteiger partial charge on any atom is 0.279 e. The molecule has 0 aromatic heterocycles. The summed E-state index contributed by atoms with van der Waals surface area (Å²) in [4.78, 5) is 13.2. The van der Waals surface area contributed by atoms with Crippen molar-refractivity contribution in [3.63, 3.8) is 0 Å². The van der Waals surface area contributed by atoms with Crippen LogP contribution in [0.5, 0.6) is 0 Å². The van der Waals surface area contributed by atoms with Gasteiger partial charge in [0.2, 0.25) is 0 Å². The number of rotatable bonds is 5. The highest BCUT2D eigenvalue weighted by Crippen LogP contribution is 2.13. The molecule has 0 bridgehead atoms. The first-order valence-corrected chi connectivity index (χ1v) is 7.74. The predicted octanol–water partition coefficient (Wildman–Crippen LogP) is 2.61. The van der Waals surface area contributed by atoms with Crippen molar-refractivity contribution >= 4 is 23.2 Å². The third-order valence-corrected chi connectivity index (χ3v) is 3.88. The van der Waals surface area contributed by atoms with Gasteiger partial charge in [0, 0.05) is 16.3 Å². The summed E-state index contributed by atoms with van der Waals surface area (Å²) in [5.74, 6) is 0.0165. The van der Waals surface area contributed by atoms with E-state index in [4.69, 9.17) is 11.6 Å². The molecule has 0 aliphatic heterocycles. The zero-order valence-corrected chi connectivity index (χ0v) is 14.0. The van der Waals surface area contributed by atoms with Gasteiger partial charge in [0.15, 0.2) is 6.54 Å². The van der Waals surface area contributed by atoms with Gasteiger partial charge >= 0.3 is 0 Å². The summed E-state index contributed by atoms with van der Waals surface area (Å²) in [6.45, 7) is 5.28. The number of hydrogen-bond acceptors (Lipinski definition) is 1. The third-order valence-electron chi connectivity index (χ3n) is 3.65. The zero-order valence-electron chi connectivity index (χ0n) is 13.2. The van der Waals surface area contributed by atoms with Crippen LogP contribution in [-0.2, 0) is 11.3 Å². The second kappa shape index (κ2) is 7.43. The molecule has 0 saturated heterocycles. The largest absolute Gasteiger partial charge is 0.326 e. The van der Waals surface area contributed by atoms with Crippen LogP contribution >= 0.6 is 11.6 Å². The van der Waals surface area contributed by atoms with E-state index in [9.17, 15) is 4.79 Å². The molecule has 0 fully saturated rings. The van der Waals surface area contributed by atoms with Gasteiger partial charge in [-0.1, -0.05) is 29.8 Å². The molecule has 0 saturated carbocycles. The monoisotopic (exact) mass is 317 g/mol. The van der Waals surface area contributed by atoms with Gasteiger partial charge in [-0.3, -0.25) is 4.79 Å². The SMILES string of the molecule is Cc1ccc(NC(=O)C[NH+](C)Cc2cccc(Cl)c2)cc1C. The second-order valence-electron chi connectivity index (χ2n) is 5.79. The lowest BCUT2D eigenvalue weighted by Crippen LogP contribution is -3.08. The van der Waals surface area contributed by atoms with Crippen molar-refractivity contribution in [3.8, 4) is 0 Å². The van der Waals surface area contributed by atoms with Crippen molar-refractivity contribution in [1.29, 1.82) is 0 Å². The molecule has 2 aromatic carbocycles. The van der Waals surface area contributed by atoms with Gasteiger partial charge in [-0.15, -0.1) is 0 Å². The number of halogens is 1. The Morgan fingerprint density at radius 1 is 1.14 bits per heavy atom. The number of amides is 1. The number of aryl methyl sites for hydroxylation is 2. The van der Waals surface area contributed by atoms with E-state index >= 15 is 0 Å². The van der Waals surface area contributed by atoms with Crippen LogP contribution in [0.2, 0.25) is 5.02 Å². The number of benzene rings is 2. The van der Waals surface area contributed by atoms with Crippen LogP contribution in [0.25, 0.3) is 0 Å². The number of hydrogen-bond donors (Lipinski definition) is 2. The maximum atomic E-state index is 12.1. The van der Waals surface area contributed by atoms with E-state index in [1.807, 2.05) is 56.4 Å². The van der Waals surface area contributed by atoms with E-state index in [1.54, 1.807) is 0 Å². The first kappa shape index (κ1) is 16.5. The topological polar surface area (TPSA) is 33.5 Å². The van der Waals surface area contributed by atoms with Gasteiger partial charge in [0.25, 0.3) is 5.91 Å². The van der Waals surface area contributed by atoms with Crippen LogP contribution < -0.4 is 10.2 Å². The summed E-state index contributed by atoms with van der Waals surface area (Å²) >= 11 is 5.98. The molecule has 0 heterocycles. The molecule has 1 atom stereocenters. The third kappa shape index (κ3) is 4.86. The van der Waals surface area contributed by atoms with E-state index in [0.717, 1.165) is 27.7 Å². The Kier molecular flexibility index (Phi) is 5.58. The van der Waals surface area contributed by atoms with Gasteiger partial charge in [0.05, 0.1) is 7.05 Å². The average molecular weight is 318 g/mol. The average Bonchev–Trinajstić information content (AvgIpc) is 2.42. The minimum atomic E-state index is 0.0165. The normalized spacial score (nSPS) is 12.0. The molecule has 2 N–H and O–H groups in total. The Balaban J connectivity index is 1.89. The van der Waals surface area contributed by atoms with Crippen LogP contribution in [0.4, 0.5) is 5.69 Å². The zero-order chi connectivity index (χ0) is 16.1. The highest BCUT2D eigenvalue weighted by molar-refractivity contribution is 6.30. The minimum Gasteiger partial charge on any atom is -0.326 e. The summed E-state index contributed by atoms with van der Waals surface area (Å²) in [5.41, 5.74) is 4.38. The molecule has 0 aliphatic rings. The lowest BCUT2D eigenvalue weighted by atomic mass is 10.1. The fraction of sp³-hybridized carbons (Fsp3) is 0.278. The summed E-state index contributed by atoms with van der Waals surface area (Å²) in [5, 5.41) is 3.68. The summed E-state index contributed by atoms with van der Waals surface area (Å²) in [6.07, 6.45) is 0. The van der Waals surface area contributed by atoms with Crippen LogP contribution in [0.3, 0.4) is 0 Å². The van der Waals surface area contributed by atoms with Crippen molar-refractivity contribution in [2.45, 2.75) is 20.4 Å². The number of quaternary nitrogens is 1. The summed E-state index contributed by atoms with van der Waals surface area (Å²) in [7, 11) is 2.00. The van der Waals surface area contributed by atoms with E-state index in [1.165, 1.54) is 11.1 Å². The van der Waals surface area contributed by atoms with Gasteiger partial charge < -0.3 is 10.2 Å². The lowest BCUT2D eigenvalue weighted by molar-refractivity contribution is -0.885. The molecule has 0 spiro atoms. The van der Waals surface area contributed by atoms with Gasteiger partial charge in [-0.2, -0.15) is 0 Å². The Labute approximate surface area is 136 Å². The van der Waals surface area contributed by atoms with Crippen LogP contribution in [0, 0.1) is 13.8 Å². The number of anilines is 1. The van der Waals surface area contributed by atoms with Crippen LogP contribution in [-0.4, -0.2) is 19.5 Å². The smallest absolute Gasteiger partial charge is 0.279 e. The summed E-state index contributed by atoms with van der Waals surface area (Å²) in [6, 6.07) is 13.7. The number of nitrogens with one attached hydrogen (secondary N) is 2. The first-order chi connectivity index (χ1) is 10.4. The van der Waals surface area contributed by atoms with Crippen LogP contribution in [0.1, 0.15) is 16.7 Å². The molecule has 0 aliphatic carbocycles. The Hall–Kier alpha value is -1.84. The Morgan fingerprint density at radius 3 is 2.59 bits per heavy atom. The lowest BCUT2D eigenvalue weighted by Gasteiger charge is -2.14. The highest BCUT2D eigenvalue weighted by Gasteiger charge is 2.11. The van der Waals surface area contributed by atoms with Crippen LogP contribution in [0.15, 0.2) is 42.5 Å². The van der Waals surface area contributed by atoms with Gasteiger partial charge in [-0.25, -0.2) is 0 Å². The molecule has 116 valence electrons. The molecular formula is C18H22ClN2O+. The van der Waals surface area contributed by atoms with Crippen molar-refractivity contribution in [2.75, 3.05) is 18.9 Å². The highest BCUT2D eigenvalue weighted by atomic mass is 35.5.